The van der Waals surface area contributed by atoms with Gasteiger partial charge < -0.3 is 17.6 Å². The van der Waals surface area contributed by atoms with Crippen LogP contribution in [0.2, 0.25) is 13.3 Å². The third-order valence-electron chi connectivity index (χ3n) is 5.39. The van der Waals surface area contributed by atoms with Crippen molar-refractivity contribution in [3.8, 4) is 11.1 Å². The van der Waals surface area contributed by atoms with E-state index in [1.54, 1.807) is 13.3 Å². The Morgan fingerprint density at radius 1 is 0.724 bits per heavy atom. The van der Waals surface area contributed by atoms with Gasteiger partial charge in [0, 0.05) is 10.9 Å². The van der Waals surface area contributed by atoms with Crippen LogP contribution < -0.4 is 0 Å². The quantitative estimate of drug-likeness (QED) is 0.212. The van der Waals surface area contributed by atoms with Crippen LogP contribution in [0.25, 0.3) is 22.0 Å². The Morgan fingerprint density at radius 3 is 1.79 bits per heavy atom. The molecule has 0 amide bonds. The molecule has 1 nitrogen and oxygen atoms in total. The van der Waals surface area contributed by atoms with Gasteiger partial charge in [0.2, 0.25) is 0 Å². The molecule has 0 radical (unpaired) electrons. The standard InChI is InChI=1S/C14H11NS.3C4H9.Sn/c16-14-13(10-6-2-1-3-7-10)11-8-4-5-9-12(11)15-14;3*1-3-4-2;/h1-9,15-16H;3*1,3-4H2,2H3;/q;;;;+1/p-1. The molecule has 29 heavy (non-hydrogen) atoms. The Kier molecular flexibility index (Phi) is 11.8. The van der Waals surface area contributed by atoms with Crippen molar-refractivity contribution in [3.05, 3.63) is 54.6 Å². The molecular formula is C26H37NSSn. The molecule has 0 aliphatic carbocycles. The molecular weight excluding hydrogens is 477 g/mol. The molecule has 156 valence electrons. The summed E-state index contributed by atoms with van der Waals surface area (Å²) in [6, 6.07) is 18.5. The van der Waals surface area contributed by atoms with Crippen molar-refractivity contribution >= 4 is 43.3 Å². The van der Waals surface area contributed by atoms with Gasteiger partial charge in [0.25, 0.3) is 0 Å². The first kappa shape index (κ1) is 24.3. The van der Waals surface area contributed by atoms with E-state index in [-0.39, 0.29) is 0 Å². The molecule has 0 fully saturated rings. The number of para-hydroxylation sites is 1. The maximum Gasteiger partial charge on any atom is 0.0446 e. The number of aromatic amines is 1. The second-order valence-corrected chi connectivity index (χ2v) is 16.8. The molecule has 3 rings (SSSR count). The maximum atomic E-state index is 5.38. The van der Waals surface area contributed by atoms with E-state index in [0.717, 1.165) is 16.1 Å². The molecule has 0 aliphatic rings. The van der Waals surface area contributed by atoms with E-state index in [0.29, 0.717) is 0 Å². The number of rotatable bonds is 10. The predicted molar refractivity (Wildman–Crippen MR) is 134 cm³/mol. The Bertz CT molecular complexity index is 793. The van der Waals surface area contributed by atoms with Crippen LogP contribution in [0.4, 0.5) is 0 Å². The van der Waals surface area contributed by atoms with Gasteiger partial charge in [0.05, 0.1) is 0 Å². The third kappa shape index (κ3) is 7.97. The molecule has 0 saturated carbocycles. The van der Waals surface area contributed by atoms with Gasteiger partial charge in [-0.3, -0.25) is 0 Å². The number of nitrogens with one attached hydrogen (secondary N) is 1. The molecule has 2 aromatic carbocycles. The van der Waals surface area contributed by atoms with E-state index >= 15 is 0 Å². The fourth-order valence-corrected chi connectivity index (χ4v) is 13.5. The first-order valence-electron chi connectivity index (χ1n) is 11.4. The van der Waals surface area contributed by atoms with E-state index in [4.69, 9.17) is 12.6 Å². The molecule has 3 heteroatoms. The number of H-pyrrole nitrogens is 1. The zero-order valence-corrected chi connectivity index (χ0v) is 22.1. The van der Waals surface area contributed by atoms with Crippen LogP contribution in [-0.2, 0) is 12.6 Å². The van der Waals surface area contributed by atoms with Gasteiger partial charge in [0.1, 0.15) is 0 Å². The number of benzene rings is 2. The van der Waals surface area contributed by atoms with E-state index in [2.05, 4.69) is 50.0 Å². The van der Waals surface area contributed by atoms with E-state index in [1.807, 2.05) is 30.3 Å². The first-order chi connectivity index (χ1) is 14.2. The summed E-state index contributed by atoms with van der Waals surface area (Å²) in [5.41, 5.74) is 3.41. The summed E-state index contributed by atoms with van der Waals surface area (Å²) < 4.78 is 5.04. The average molecular weight is 514 g/mol. The van der Waals surface area contributed by atoms with E-state index < -0.39 is 19.8 Å². The minimum atomic E-state index is -0.839. The van der Waals surface area contributed by atoms with Crippen molar-refractivity contribution in [3.63, 3.8) is 0 Å². The summed E-state index contributed by atoms with van der Waals surface area (Å²) in [7, 11) is 0. The van der Waals surface area contributed by atoms with Crippen molar-refractivity contribution in [2.45, 2.75) is 77.6 Å². The number of fused-ring (bicyclic) bond motifs is 1. The second kappa shape index (κ2) is 14.1. The van der Waals surface area contributed by atoms with Gasteiger partial charge in [-0.15, -0.1) is 5.03 Å². The minimum absolute atomic E-state index is 0.812. The molecule has 1 N–H and O–H groups in total. The summed E-state index contributed by atoms with van der Waals surface area (Å²) in [4.78, 5) is 3.24. The van der Waals surface area contributed by atoms with Crippen molar-refractivity contribution in [1.82, 2.24) is 4.98 Å². The van der Waals surface area contributed by atoms with Crippen LogP contribution in [0.1, 0.15) is 59.3 Å². The average Bonchev–Trinajstić information content (AvgIpc) is 3.10. The van der Waals surface area contributed by atoms with Crippen LogP contribution in [0.5, 0.6) is 0 Å². The maximum absolute atomic E-state index is 5.38. The van der Waals surface area contributed by atoms with Gasteiger partial charge in [0.15, 0.2) is 0 Å². The third-order valence-corrected chi connectivity index (χ3v) is 14.8. The fraction of sp³-hybridized carbons (Fsp3) is 0.462. The van der Waals surface area contributed by atoms with Crippen LogP contribution in [-0.4, -0.2) is 24.7 Å². The molecule has 0 atom stereocenters. The van der Waals surface area contributed by atoms with E-state index in [9.17, 15) is 0 Å². The Hall–Kier alpha value is -1.00. The Morgan fingerprint density at radius 2 is 1.24 bits per heavy atom. The zero-order valence-electron chi connectivity index (χ0n) is 18.5. The van der Waals surface area contributed by atoms with Crippen LogP contribution in [0.3, 0.4) is 0 Å². The molecule has 0 aliphatic heterocycles. The smallest absolute Gasteiger partial charge is 0.0446 e. The summed E-state index contributed by atoms with van der Waals surface area (Å²) in [6.45, 7) is 7.00. The van der Waals surface area contributed by atoms with Gasteiger partial charge in [-0.25, -0.2) is 0 Å². The summed E-state index contributed by atoms with van der Waals surface area (Å²) in [5.74, 6) is 0. The summed E-state index contributed by atoms with van der Waals surface area (Å²) in [5, 5.41) is 2.01. The predicted octanol–water partition coefficient (Wildman–Crippen LogP) is 8.62. The number of hydrogen-bond donors (Lipinski definition) is 1. The van der Waals surface area contributed by atoms with Crippen LogP contribution in [0, 0.1) is 0 Å². The molecule has 0 bridgehead atoms. The van der Waals surface area contributed by atoms with Crippen molar-refractivity contribution in [2.75, 3.05) is 0 Å². The SMILES string of the molecule is CCC[CH2][Sn+]([CH2]CCC)[CH2]CCC.[S-]c1[nH]c2ccccc2c1-c1ccccc1. The van der Waals surface area contributed by atoms with Gasteiger partial charge >= 0.3 is 92.4 Å². The normalized spacial score (nSPS) is 10.6. The van der Waals surface area contributed by atoms with Gasteiger partial charge in [-0.2, -0.15) is 0 Å². The van der Waals surface area contributed by atoms with Crippen molar-refractivity contribution < 1.29 is 0 Å². The number of aromatic nitrogens is 1. The van der Waals surface area contributed by atoms with Gasteiger partial charge in [-0.1, -0.05) is 48.5 Å². The zero-order chi connectivity index (χ0) is 20.9. The Balaban J connectivity index is 0.000000213. The fourth-order valence-electron chi connectivity index (χ4n) is 3.66. The first-order valence-corrected chi connectivity index (χ1v) is 17.8. The number of unbranched alkanes of at least 4 members (excludes halogenated alkanes) is 3. The van der Waals surface area contributed by atoms with Crippen molar-refractivity contribution in [1.29, 1.82) is 0 Å². The van der Waals surface area contributed by atoms with Crippen LogP contribution >= 0.6 is 0 Å². The molecule has 3 aromatic rings. The summed E-state index contributed by atoms with van der Waals surface area (Å²) >= 11 is 4.54. The molecule has 0 saturated heterocycles. The molecule has 1 aromatic heterocycles. The van der Waals surface area contributed by atoms with Gasteiger partial charge in [-0.05, 0) is 17.2 Å². The topological polar surface area (TPSA) is 15.8 Å². The molecule has 0 unspecified atom stereocenters. The monoisotopic (exact) mass is 515 g/mol. The van der Waals surface area contributed by atoms with Crippen LogP contribution in [0.15, 0.2) is 59.6 Å². The largest absolute Gasteiger partial charge is 0.762 e. The number of hydrogen-bond acceptors (Lipinski definition) is 1. The molecule has 0 spiro atoms. The van der Waals surface area contributed by atoms with Crippen molar-refractivity contribution in [2.24, 2.45) is 0 Å². The Labute approximate surface area is 190 Å². The molecule has 1 heterocycles. The second-order valence-electron chi connectivity index (χ2n) is 7.80. The minimum Gasteiger partial charge on any atom is -0.762 e. The summed E-state index contributed by atoms with van der Waals surface area (Å²) in [6.07, 6.45) is 8.85. The van der Waals surface area contributed by atoms with E-state index in [1.165, 1.54) is 49.5 Å².